The molecule has 1 aliphatic rings. The summed E-state index contributed by atoms with van der Waals surface area (Å²) in [6.07, 6.45) is 1.14. The van der Waals surface area contributed by atoms with Crippen molar-refractivity contribution in [2.24, 2.45) is 0 Å². The van der Waals surface area contributed by atoms with E-state index in [4.69, 9.17) is 32.7 Å². The minimum absolute atomic E-state index is 0.125. The smallest absolute Gasteiger partial charge is 0.194 e. The molecule has 0 saturated carbocycles. The molecule has 0 N–H and O–H groups in total. The van der Waals surface area contributed by atoms with Crippen LogP contribution in [-0.2, 0) is 32.7 Å². The largest absolute Gasteiger partial charge is 0.323 e. The Labute approximate surface area is 119 Å². The third kappa shape index (κ3) is 2.80. The molecule has 2 rings (SSSR count). The van der Waals surface area contributed by atoms with Gasteiger partial charge in [0.25, 0.3) is 0 Å². The Morgan fingerprint density at radius 1 is 1.00 bits per heavy atom. The Morgan fingerprint density at radius 3 is 1.94 bits per heavy atom. The van der Waals surface area contributed by atoms with Crippen LogP contribution in [0.25, 0.3) is 0 Å². The van der Waals surface area contributed by atoms with Crippen LogP contribution in [0.5, 0.6) is 0 Å². The van der Waals surface area contributed by atoms with Crippen LogP contribution in [0.15, 0.2) is 30.3 Å². The molecule has 0 bridgehead atoms. The maximum atomic E-state index is 5.95. The van der Waals surface area contributed by atoms with E-state index in [0.29, 0.717) is 12.7 Å². The van der Waals surface area contributed by atoms with E-state index in [0.717, 1.165) is 0 Å². The Bertz CT molecular complexity index is 507. The van der Waals surface area contributed by atoms with Crippen LogP contribution in [0.2, 0.25) is 0 Å². The molecule has 0 aromatic heterocycles. The van der Waals surface area contributed by atoms with Crippen LogP contribution >= 0.6 is 12.5 Å². The first-order valence-electron chi connectivity index (χ1n) is 5.80. The highest BCUT2D eigenvalue weighted by atomic mass is 32.5. The van der Waals surface area contributed by atoms with Crippen molar-refractivity contribution in [2.75, 3.05) is 12.7 Å². The summed E-state index contributed by atoms with van der Waals surface area (Å²) in [5.41, 5.74) is 0. The molecule has 2 nitrogen and oxygen atoms in total. The van der Waals surface area contributed by atoms with Gasteiger partial charge in [-0.15, -0.1) is 0 Å². The van der Waals surface area contributed by atoms with Crippen molar-refractivity contribution in [1.29, 1.82) is 0 Å². The zero-order chi connectivity index (χ0) is 13.4. The van der Waals surface area contributed by atoms with Crippen molar-refractivity contribution < 1.29 is 9.05 Å². The molecule has 6 heteroatoms. The summed E-state index contributed by atoms with van der Waals surface area (Å²) in [7, 11) is 0. The predicted octanol–water partition coefficient (Wildman–Crippen LogP) is 3.86. The summed E-state index contributed by atoms with van der Waals surface area (Å²) in [5, 5.41) is 1.05. The number of hydrogen-bond acceptors (Lipinski definition) is 4. The second-order valence-electron chi connectivity index (χ2n) is 5.41. The molecule has 1 aliphatic heterocycles. The first-order chi connectivity index (χ1) is 8.27. The number of benzene rings is 1. The summed E-state index contributed by atoms with van der Waals surface area (Å²) >= 11 is 11.4. The Balaban J connectivity index is 2.21. The highest BCUT2D eigenvalue weighted by molar-refractivity contribution is 8.19. The highest BCUT2D eigenvalue weighted by Gasteiger charge is 2.41. The van der Waals surface area contributed by atoms with Gasteiger partial charge in [0.05, 0.1) is 12.7 Å². The molecule has 0 spiro atoms. The third-order valence-corrected chi connectivity index (χ3v) is 11.8. The predicted molar refractivity (Wildman–Crippen MR) is 86.3 cm³/mol. The lowest BCUT2D eigenvalue weighted by molar-refractivity contribution is 0.272. The van der Waals surface area contributed by atoms with Gasteiger partial charge in [-0.05, 0) is 17.1 Å². The quantitative estimate of drug-likeness (QED) is 0.731. The standard InChI is InChI=1S/C12H18O2P2S2/c1-12(2,3)16(18)13-9-15(17,10-14-16)11-7-5-4-6-8-11/h4-8H,9-10H2,1-3H3. The number of rotatable bonds is 1. The van der Waals surface area contributed by atoms with Gasteiger partial charge in [0, 0.05) is 11.2 Å². The average Bonchev–Trinajstić information content (AvgIpc) is 2.33. The molecule has 0 aliphatic carbocycles. The molecule has 0 atom stereocenters. The second-order valence-corrected chi connectivity index (χ2v) is 14.6. The van der Waals surface area contributed by atoms with Crippen LogP contribution < -0.4 is 5.30 Å². The Morgan fingerprint density at radius 2 is 1.50 bits per heavy atom. The summed E-state index contributed by atoms with van der Waals surface area (Å²) in [5.74, 6) is 0. The normalized spacial score (nSPS) is 33.3. The van der Waals surface area contributed by atoms with Gasteiger partial charge >= 0.3 is 0 Å². The lowest BCUT2D eigenvalue weighted by Gasteiger charge is -2.41. The monoisotopic (exact) mass is 320 g/mol. The molecule has 1 heterocycles. The molecular formula is C12H18O2P2S2. The Hall–Kier alpha value is 0.440. The van der Waals surface area contributed by atoms with Gasteiger partial charge in [-0.3, -0.25) is 0 Å². The van der Waals surface area contributed by atoms with E-state index in [2.05, 4.69) is 32.9 Å². The third-order valence-electron chi connectivity index (χ3n) is 2.92. The van der Waals surface area contributed by atoms with E-state index >= 15 is 0 Å². The van der Waals surface area contributed by atoms with Crippen molar-refractivity contribution in [1.82, 2.24) is 0 Å². The van der Waals surface area contributed by atoms with Crippen molar-refractivity contribution in [3.8, 4) is 0 Å². The molecular weight excluding hydrogens is 302 g/mol. The lowest BCUT2D eigenvalue weighted by Crippen LogP contribution is -2.25. The fourth-order valence-corrected chi connectivity index (χ4v) is 8.36. The van der Waals surface area contributed by atoms with Gasteiger partial charge in [-0.2, -0.15) is 0 Å². The molecule has 1 aromatic rings. The van der Waals surface area contributed by atoms with Gasteiger partial charge in [0.15, 0.2) is 6.49 Å². The van der Waals surface area contributed by atoms with Gasteiger partial charge in [-0.1, -0.05) is 62.9 Å². The molecule has 18 heavy (non-hydrogen) atoms. The van der Waals surface area contributed by atoms with Crippen LogP contribution in [0.1, 0.15) is 20.8 Å². The first kappa shape index (κ1) is 14.8. The minimum atomic E-state index is -2.20. The fraction of sp³-hybridized carbons (Fsp3) is 0.500. The van der Waals surface area contributed by atoms with Crippen molar-refractivity contribution in [2.45, 2.75) is 25.9 Å². The van der Waals surface area contributed by atoms with E-state index in [1.165, 1.54) is 5.30 Å². The van der Waals surface area contributed by atoms with Crippen molar-refractivity contribution in [3.05, 3.63) is 30.3 Å². The highest BCUT2D eigenvalue weighted by Crippen LogP contribution is 2.68. The zero-order valence-electron chi connectivity index (χ0n) is 10.8. The van der Waals surface area contributed by atoms with E-state index < -0.39 is 12.5 Å². The Kier molecular flexibility index (Phi) is 4.19. The summed E-state index contributed by atoms with van der Waals surface area (Å²) in [6.45, 7) is 4.02. The van der Waals surface area contributed by atoms with E-state index in [1.54, 1.807) is 0 Å². The summed E-state index contributed by atoms with van der Waals surface area (Å²) < 4.78 is 11.9. The summed E-state index contributed by atoms with van der Waals surface area (Å²) in [6, 6.07) is 8.39. The minimum Gasteiger partial charge on any atom is -0.323 e. The van der Waals surface area contributed by atoms with Crippen LogP contribution in [0, 0.1) is 0 Å². The molecule has 0 amide bonds. The van der Waals surface area contributed by atoms with Crippen LogP contribution in [0.4, 0.5) is 0 Å². The lowest BCUT2D eigenvalue weighted by atomic mass is 10.3. The average molecular weight is 320 g/mol. The van der Waals surface area contributed by atoms with Gasteiger partial charge in [0.1, 0.15) is 0 Å². The van der Waals surface area contributed by atoms with E-state index in [9.17, 15) is 0 Å². The molecule has 0 radical (unpaired) electrons. The molecule has 1 fully saturated rings. The molecule has 1 saturated heterocycles. The maximum Gasteiger partial charge on any atom is 0.194 e. The SMILES string of the molecule is CC(C)(C)P1(=S)OCP(=S)(c2ccccc2)CO1. The van der Waals surface area contributed by atoms with Crippen molar-refractivity contribution in [3.63, 3.8) is 0 Å². The van der Waals surface area contributed by atoms with E-state index in [1.807, 2.05) is 18.2 Å². The molecule has 1 aromatic carbocycles. The fourth-order valence-electron chi connectivity index (χ4n) is 1.65. The van der Waals surface area contributed by atoms with Gasteiger partial charge in [-0.25, -0.2) is 0 Å². The van der Waals surface area contributed by atoms with Crippen LogP contribution in [0.3, 0.4) is 0 Å². The van der Waals surface area contributed by atoms with Gasteiger partial charge < -0.3 is 9.05 Å². The molecule has 0 unspecified atom stereocenters. The number of hydrogen-bond donors (Lipinski definition) is 0. The second kappa shape index (κ2) is 5.09. The topological polar surface area (TPSA) is 18.5 Å². The summed E-state index contributed by atoms with van der Waals surface area (Å²) in [4.78, 5) is 0. The maximum absolute atomic E-state index is 5.95. The first-order valence-corrected chi connectivity index (χ1v) is 11.6. The van der Waals surface area contributed by atoms with E-state index in [-0.39, 0.29) is 5.16 Å². The van der Waals surface area contributed by atoms with Gasteiger partial charge in [0.2, 0.25) is 0 Å². The molecule has 100 valence electrons. The van der Waals surface area contributed by atoms with Crippen molar-refractivity contribution >= 4 is 41.4 Å². The van der Waals surface area contributed by atoms with Crippen LogP contribution in [-0.4, -0.2) is 17.9 Å². The zero-order valence-corrected chi connectivity index (χ0v) is 14.3.